The molecule has 2 rings (SSSR count). The van der Waals surface area contributed by atoms with E-state index in [4.69, 9.17) is 5.73 Å². The second-order valence-electron chi connectivity index (χ2n) is 3.96. The molecule has 1 aliphatic rings. The second-order valence-corrected chi connectivity index (χ2v) is 3.96. The molecule has 0 saturated carbocycles. The highest BCUT2D eigenvalue weighted by molar-refractivity contribution is 5.94. The van der Waals surface area contributed by atoms with Gasteiger partial charge in [-0.1, -0.05) is 6.42 Å². The van der Waals surface area contributed by atoms with E-state index in [0.717, 1.165) is 25.9 Å². The number of hydrazine groups is 1. The van der Waals surface area contributed by atoms with E-state index in [-0.39, 0.29) is 5.91 Å². The van der Waals surface area contributed by atoms with Gasteiger partial charge in [-0.25, -0.2) is 9.99 Å². The van der Waals surface area contributed by atoms with Gasteiger partial charge in [0.25, 0.3) is 5.91 Å². The fourth-order valence-corrected chi connectivity index (χ4v) is 1.80. The van der Waals surface area contributed by atoms with Crippen molar-refractivity contribution in [2.24, 2.45) is 0 Å². The number of carbonyl (C=O) groups excluding carboxylic acids is 1. The van der Waals surface area contributed by atoms with Crippen LogP contribution in [0.3, 0.4) is 0 Å². The number of nitrogens with two attached hydrogens (primary N) is 1. The van der Waals surface area contributed by atoms with Crippen LogP contribution in [0.15, 0.2) is 18.3 Å². The number of hydrogen-bond donors (Lipinski definition) is 2. The molecule has 5 heteroatoms. The Hall–Kier alpha value is -1.62. The summed E-state index contributed by atoms with van der Waals surface area (Å²) in [5.41, 5.74) is 8.95. The molecule has 86 valence electrons. The predicted molar refractivity (Wildman–Crippen MR) is 61.5 cm³/mol. The summed E-state index contributed by atoms with van der Waals surface area (Å²) < 4.78 is 0. The molecule has 5 nitrogen and oxygen atoms in total. The van der Waals surface area contributed by atoms with Gasteiger partial charge in [-0.05, 0) is 25.0 Å². The minimum absolute atomic E-state index is 0.115. The lowest BCUT2D eigenvalue weighted by Gasteiger charge is -2.26. The van der Waals surface area contributed by atoms with E-state index >= 15 is 0 Å². The highest BCUT2D eigenvalue weighted by Gasteiger charge is 2.13. The topological polar surface area (TPSA) is 71.2 Å². The van der Waals surface area contributed by atoms with E-state index in [1.54, 1.807) is 18.3 Å². The lowest BCUT2D eigenvalue weighted by atomic mass is 10.2. The van der Waals surface area contributed by atoms with E-state index < -0.39 is 0 Å². The number of aromatic nitrogens is 1. The zero-order chi connectivity index (χ0) is 11.4. The van der Waals surface area contributed by atoms with Crippen LogP contribution < -0.4 is 11.2 Å². The first kappa shape index (κ1) is 10.9. The molecule has 2 heterocycles. The third-order valence-corrected chi connectivity index (χ3v) is 2.66. The third-order valence-electron chi connectivity index (χ3n) is 2.66. The number of rotatable bonds is 2. The van der Waals surface area contributed by atoms with Crippen molar-refractivity contribution in [3.63, 3.8) is 0 Å². The summed E-state index contributed by atoms with van der Waals surface area (Å²) >= 11 is 0. The summed E-state index contributed by atoms with van der Waals surface area (Å²) in [6.45, 7) is 1.85. The van der Waals surface area contributed by atoms with E-state index in [9.17, 15) is 4.79 Å². The van der Waals surface area contributed by atoms with Crippen LogP contribution in [0.2, 0.25) is 0 Å². The van der Waals surface area contributed by atoms with Gasteiger partial charge in [-0.3, -0.25) is 10.2 Å². The molecule has 0 aliphatic carbocycles. The maximum Gasteiger partial charge on any atom is 0.265 e. The van der Waals surface area contributed by atoms with Gasteiger partial charge in [0, 0.05) is 24.8 Å². The van der Waals surface area contributed by atoms with Crippen LogP contribution in [-0.2, 0) is 0 Å². The lowest BCUT2D eigenvalue weighted by molar-refractivity contribution is 0.0750. The standard InChI is InChI=1S/C11H16N4O/c12-10-8-9(4-5-13-10)11(16)14-15-6-2-1-3-7-15/h4-5,8H,1-3,6-7H2,(H2,12,13)(H,14,16). The van der Waals surface area contributed by atoms with Crippen LogP contribution >= 0.6 is 0 Å². The van der Waals surface area contributed by atoms with Gasteiger partial charge in [0.15, 0.2) is 0 Å². The molecule has 1 aromatic rings. The first-order valence-electron chi connectivity index (χ1n) is 5.53. The fraction of sp³-hybridized carbons (Fsp3) is 0.455. The van der Waals surface area contributed by atoms with Crippen molar-refractivity contribution in [3.8, 4) is 0 Å². The molecule has 3 N–H and O–H groups in total. The Morgan fingerprint density at radius 3 is 2.81 bits per heavy atom. The van der Waals surface area contributed by atoms with Crippen molar-refractivity contribution in [1.29, 1.82) is 0 Å². The molecule has 0 spiro atoms. The Morgan fingerprint density at radius 2 is 2.12 bits per heavy atom. The van der Waals surface area contributed by atoms with Crippen LogP contribution in [0.5, 0.6) is 0 Å². The number of hydrogen-bond acceptors (Lipinski definition) is 4. The molecule has 0 atom stereocenters. The summed E-state index contributed by atoms with van der Waals surface area (Å²) in [4.78, 5) is 15.7. The Morgan fingerprint density at radius 1 is 1.38 bits per heavy atom. The number of carbonyl (C=O) groups is 1. The minimum Gasteiger partial charge on any atom is -0.384 e. The quantitative estimate of drug-likeness (QED) is 0.773. The largest absolute Gasteiger partial charge is 0.384 e. The fourth-order valence-electron chi connectivity index (χ4n) is 1.80. The van der Waals surface area contributed by atoms with Crippen molar-refractivity contribution >= 4 is 11.7 Å². The van der Waals surface area contributed by atoms with Crippen LogP contribution in [0.1, 0.15) is 29.6 Å². The van der Waals surface area contributed by atoms with E-state index in [1.807, 2.05) is 5.01 Å². The number of anilines is 1. The molecule has 0 unspecified atom stereocenters. The Balaban J connectivity index is 1.97. The normalized spacial score (nSPS) is 17.0. The number of pyridine rings is 1. The number of amides is 1. The van der Waals surface area contributed by atoms with Gasteiger partial charge >= 0.3 is 0 Å². The van der Waals surface area contributed by atoms with Crippen LogP contribution in [0.4, 0.5) is 5.82 Å². The maximum atomic E-state index is 11.8. The van der Waals surface area contributed by atoms with E-state index in [1.165, 1.54) is 6.42 Å². The van der Waals surface area contributed by atoms with Gasteiger partial charge in [0.2, 0.25) is 0 Å². The Bertz CT molecular complexity index is 374. The van der Waals surface area contributed by atoms with E-state index in [0.29, 0.717) is 11.4 Å². The van der Waals surface area contributed by atoms with E-state index in [2.05, 4.69) is 10.4 Å². The van der Waals surface area contributed by atoms with Crippen molar-refractivity contribution < 1.29 is 4.79 Å². The number of nitrogens with one attached hydrogen (secondary N) is 1. The first-order chi connectivity index (χ1) is 7.75. The minimum atomic E-state index is -0.115. The molecule has 0 aromatic carbocycles. The molecule has 0 bridgehead atoms. The van der Waals surface area contributed by atoms with Crippen molar-refractivity contribution in [1.82, 2.24) is 15.4 Å². The third kappa shape index (κ3) is 2.70. The monoisotopic (exact) mass is 220 g/mol. The number of piperidine rings is 1. The summed E-state index contributed by atoms with van der Waals surface area (Å²) in [6, 6.07) is 3.24. The molecular formula is C11H16N4O. The highest BCUT2D eigenvalue weighted by atomic mass is 16.2. The molecular weight excluding hydrogens is 204 g/mol. The van der Waals surface area contributed by atoms with Crippen molar-refractivity contribution in [3.05, 3.63) is 23.9 Å². The Labute approximate surface area is 94.6 Å². The number of nitrogens with zero attached hydrogens (tertiary/aromatic N) is 2. The molecule has 1 aromatic heterocycles. The maximum absolute atomic E-state index is 11.8. The first-order valence-corrected chi connectivity index (χ1v) is 5.53. The van der Waals surface area contributed by atoms with Gasteiger partial charge in [-0.15, -0.1) is 0 Å². The van der Waals surface area contributed by atoms with Gasteiger partial charge in [-0.2, -0.15) is 0 Å². The average Bonchev–Trinajstić information content (AvgIpc) is 2.30. The van der Waals surface area contributed by atoms with Crippen LogP contribution in [-0.4, -0.2) is 29.0 Å². The summed E-state index contributed by atoms with van der Waals surface area (Å²) in [7, 11) is 0. The van der Waals surface area contributed by atoms with Gasteiger partial charge < -0.3 is 5.73 Å². The van der Waals surface area contributed by atoms with Crippen LogP contribution in [0, 0.1) is 0 Å². The summed E-state index contributed by atoms with van der Waals surface area (Å²) in [5.74, 6) is 0.252. The second kappa shape index (κ2) is 4.94. The van der Waals surface area contributed by atoms with Crippen molar-refractivity contribution in [2.45, 2.75) is 19.3 Å². The van der Waals surface area contributed by atoms with Crippen molar-refractivity contribution in [2.75, 3.05) is 18.8 Å². The summed E-state index contributed by atoms with van der Waals surface area (Å²) in [6.07, 6.45) is 5.06. The summed E-state index contributed by atoms with van der Waals surface area (Å²) in [5, 5.41) is 1.96. The van der Waals surface area contributed by atoms with Gasteiger partial charge in [0.05, 0.1) is 0 Å². The SMILES string of the molecule is Nc1cc(C(=O)NN2CCCCC2)ccn1. The molecule has 1 amide bonds. The molecule has 1 saturated heterocycles. The predicted octanol–water partition coefficient (Wildman–Crippen LogP) is 0.794. The smallest absolute Gasteiger partial charge is 0.265 e. The number of nitrogen functional groups attached to an aromatic ring is 1. The van der Waals surface area contributed by atoms with Gasteiger partial charge in [0.1, 0.15) is 5.82 Å². The zero-order valence-electron chi connectivity index (χ0n) is 9.15. The lowest BCUT2D eigenvalue weighted by Crippen LogP contribution is -2.45. The molecule has 16 heavy (non-hydrogen) atoms. The molecule has 1 fully saturated rings. The molecule has 0 radical (unpaired) electrons. The highest BCUT2D eigenvalue weighted by Crippen LogP contribution is 2.08. The zero-order valence-corrected chi connectivity index (χ0v) is 9.15. The average molecular weight is 220 g/mol. The Kier molecular flexibility index (Phi) is 3.36. The molecule has 1 aliphatic heterocycles. The van der Waals surface area contributed by atoms with Crippen LogP contribution in [0.25, 0.3) is 0 Å².